The van der Waals surface area contributed by atoms with Gasteiger partial charge in [-0.2, -0.15) is 0 Å². The van der Waals surface area contributed by atoms with Crippen molar-refractivity contribution >= 4 is 6.09 Å². The third-order valence-electron chi connectivity index (χ3n) is 8.74. The molecule has 1 aliphatic rings. The van der Waals surface area contributed by atoms with Gasteiger partial charge < -0.3 is 29.0 Å². The number of nitrogens with zero attached hydrogens (tertiary/aromatic N) is 1. The number of likely N-dealkylation sites (tertiary alicyclic amines) is 1. The standard InChI is InChI=1S/C40H47NO6/c1-3-30-11-15-33(16-12-30)28-46-37-25-41(40(42)43)26-38(47-29-34-17-13-31(4-2)14-18-34)39(37)35-19-21-36(22-20-35)45-24-8-23-44-27-32-9-6-5-7-10-32/h5-7,9-22,37-39H,3-4,8,23-29H2,1-2H3,(H,42,43). The van der Waals surface area contributed by atoms with Crippen LogP contribution in [0.3, 0.4) is 0 Å². The minimum absolute atomic E-state index is 0.170. The molecule has 1 fully saturated rings. The molecule has 1 N–H and O–H groups in total. The fourth-order valence-corrected chi connectivity index (χ4v) is 5.92. The van der Waals surface area contributed by atoms with Crippen molar-refractivity contribution in [3.63, 3.8) is 0 Å². The van der Waals surface area contributed by atoms with E-state index in [1.807, 2.05) is 30.3 Å². The Morgan fingerprint density at radius 3 is 1.68 bits per heavy atom. The average molecular weight is 638 g/mol. The first-order valence-corrected chi connectivity index (χ1v) is 16.7. The molecule has 7 nitrogen and oxygen atoms in total. The van der Waals surface area contributed by atoms with Crippen LogP contribution in [-0.4, -0.2) is 54.6 Å². The smallest absolute Gasteiger partial charge is 0.407 e. The van der Waals surface area contributed by atoms with Gasteiger partial charge in [0.2, 0.25) is 0 Å². The van der Waals surface area contributed by atoms with Crippen LogP contribution < -0.4 is 4.74 Å². The Hall–Kier alpha value is -4.17. The molecule has 0 saturated carbocycles. The predicted molar refractivity (Wildman–Crippen MR) is 184 cm³/mol. The highest BCUT2D eigenvalue weighted by Crippen LogP contribution is 2.35. The molecule has 1 aliphatic heterocycles. The van der Waals surface area contributed by atoms with Crippen LogP contribution in [0.1, 0.15) is 59.6 Å². The summed E-state index contributed by atoms with van der Waals surface area (Å²) in [5.41, 5.74) is 6.84. The molecule has 5 rings (SSSR count). The Bertz CT molecular complexity index is 1430. The number of carboxylic acid groups (broad SMARTS) is 1. The molecule has 4 aromatic rings. The molecule has 1 amide bonds. The van der Waals surface area contributed by atoms with Gasteiger partial charge in [-0.15, -0.1) is 0 Å². The van der Waals surface area contributed by atoms with Crippen LogP contribution in [0, 0.1) is 0 Å². The average Bonchev–Trinajstić information content (AvgIpc) is 3.12. The van der Waals surface area contributed by atoms with Crippen molar-refractivity contribution in [1.82, 2.24) is 4.90 Å². The monoisotopic (exact) mass is 637 g/mol. The largest absolute Gasteiger partial charge is 0.494 e. The Kier molecular flexibility index (Phi) is 12.8. The number of hydrogen-bond acceptors (Lipinski definition) is 5. The summed E-state index contributed by atoms with van der Waals surface area (Å²) in [6.45, 7) is 7.33. The zero-order valence-corrected chi connectivity index (χ0v) is 27.6. The summed E-state index contributed by atoms with van der Waals surface area (Å²) in [6.07, 6.45) is 0.968. The molecule has 0 radical (unpaired) electrons. The van der Waals surface area contributed by atoms with Crippen LogP contribution in [-0.2, 0) is 46.9 Å². The summed E-state index contributed by atoms with van der Waals surface area (Å²) in [6, 6.07) is 35.0. The zero-order valence-electron chi connectivity index (χ0n) is 27.6. The van der Waals surface area contributed by atoms with Crippen LogP contribution in [0.25, 0.3) is 0 Å². The summed E-state index contributed by atoms with van der Waals surface area (Å²) >= 11 is 0. The molecule has 7 heteroatoms. The first-order chi connectivity index (χ1) is 23.0. The Balaban J connectivity index is 1.26. The minimum Gasteiger partial charge on any atom is -0.494 e. The van der Waals surface area contributed by atoms with Gasteiger partial charge in [0.1, 0.15) is 5.75 Å². The minimum atomic E-state index is -0.971. The van der Waals surface area contributed by atoms with Crippen LogP contribution >= 0.6 is 0 Å². The molecule has 248 valence electrons. The van der Waals surface area contributed by atoms with Crippen molar-refractivity contribution in [2.45, 2.75) is 71.1 Å². The van der Waals surface area contributed by atoms with Gasteiger partial charge in [-0.05, 0) is 58.4 Å². The molecule has 0 spiro atoms. The molecular weight excluding hydrogens is 590 g/mol. The summed E-state index contributed by atoms with van der Waals surface area (Å²) in [5, 5.41) is 10.0. The molecule has 2 atom stereocenters. The van der Waals surface area contributed by atoms with Crippen molar-refractivity contribution in [1.29, 1.82) is 0 Å². The van der Waals surface area contributed by atoms with Crippen molar-refractivity contribution in [3.8, 4) is 5.75 Å². The van der Waals surface area contributed by atoms with Gasteiger partial charge in [0.05, 0.1) is 58.3 Å². The van der Waals surface area contributed by atoms with Crippen molar-refractivity contribution in [2.75, 3.05) is 26.3 Å². The molecule has 0 bridgehead atoms. The fourth-order valence-electron chi connectivity index (χ4n) is 5.92. The van der Waals surface area contributed by atoms with E-state index >= 15 is 0 Å². The number of piperidine rings is 1. The van der Waals surface area contributed by atoms with Gasteiger partial charge in [-0.1, -0.05) is 105 Å². The highest BCUT2D eigenvalue weighted by molar-refractivity contribution is 5.65. The molecular formula is C40H47NO6. The molecule has 1 heterocycles. The first kappa shape index (κ1) is 34.2. The Morgan fingerprint density at radius 1 is 0.660 bits per heavy atom. The van der Waals surface area contributed by atoms with E-state index in [0.29, 0.717) is 33.0 Å². The maximum Gasteiger partial charge on any atom is 0.407 e. The number of aryl methyl sites for hydroxylation is 2. The van der Waals surface area contributed by atoms with E-state index in [1.54, 1.807) is 0 Å². The van der Waals surface area contributed by atoms with Crippen molar-refractivity contribution in [2.24, 2.45) is 0 Å². The van der Waals surface area contributed by atoms with Gasteiger partial charge in [-0.25, -0.2) is 4.79 Å². The molecule has 0 aliphatic carbocycles. The SMILES string of the molecule is CCc1ccc(COC2CN(C(=O)O)CC(OCc3ccc(CC)cc3)C2c2ccc(OCCCOCc3ccccc3)cc2)cc1. The third-order valence-corrected chi connectivity index (χ3v) is 8.74. The van der Waals surface area contributed by atoms with Crippen LogP contribution in [0.2, 0.25) is 0 Å². The maximum absolute atomic E-state index is 12.3. The second-order valence-electron chi connectivity index (χ2n) is 12.1. The van der Waals surface area contributed by atoms with E-state index in [4.69, 9.17) is 18.9 Å². The summed E-state index contributed by atoms with van der Waals surface area (Å²) in [5.74, 6) is 0.609. The number of benzene rings is 4. The third kappa shape index (κ3) is 10.2. The van der Waals surface area contributed by atoms with Crippen LogP contribution in [0.5, 0.6) is 5.75 Å². The first-order valence-electron chi connectivity index (χ1n) is 16.7. The van der Waals surface area contributed by atoms with E-state index in [2.05, 4.69) is 86.6 Å². The molecule has 47 heavy (non-hydrogen) atoms. The molecule has 1 saturated heterocycles. The second-order valence-corrected chi connectivity index (χ2v) is 12.1. The highest BCUT2D eigenvalue weighted by atomic mass is 16.5. The number of ether oxygens (including phenoxy) is 4. The van der Waals surface area contributed by atoms with Crippen molar-refractivity contribution < 1.29 is 28.8 Å². The van der Waals surface area contributed by atoms with Gasteiger partial charge in [0.15, 0.2) is 0 Å². The van der Waals surface area contributed by atoms with E-state index in [-0.39, 0.29) is 19.0 Å². The van der Waals surface area contributed by atoms with Crippen LogP contribution in [0.4, 0.5) is 4.79 Å². The lowest BCUT2D eigenvalue weighted by Crippen LogP contribution is -2.54. The number of hydrogen-bond donors (Lipinski definition) is 1. The van der Waals surface area contributed by atoms with Crippen LogP contribution in [0.15, 0.2) is 103 Å². The summed E-state index contributed by atoms with van der Waals surface area (Å²) in [4.78, 5) is 13.7. The fraction of sp³-hybridized carbons (Fsp3) is 0.375. The summed E-state index contributed by atoms with van der Waals surface area (Å²) < 4.78 is 24.9. The molecule has 2 unspecified atom stereocenters. The Labute approximate surface area is 279 Å². The summed E-state index contributed by atoms with van der Waals surface area (Å²) in [7, 11) is 0. The van der Waals surface area contributed by atoms with E-state index < -0.39 is 18.3 Å². The van der Waals surface area contributed by atoms with Gasteiger partial charge >= 0.3 is 6.09 Å². The number of rotatable bonds is 16. The second kappa shape index (κ2) is 17.7. The van der Waals surface area contributed by atoms with Gasteiger partial charge in [0, 0.05) is 12.3 Å². The normalized spacial score (nSPS) is 17.8. The van der Waals surface area contributed by atoms with E-state index in [1.165, 1.54) is 16.0 Å². The molecule has 4 aromatic carbocycles. The number of amides is 1. The quantitative estimate of drug-likeness (QED) is 0.125. The predicted octanol–water partition coefficient (Wildman–Crippen LogP) is 8.05. The topological polar surface area (TPSA) is 77.5 Å². The number of carbonyl (C=O) groups is 1. The lowest BCUT2D eigenvalue weighted by molar-refractivity contribution is -0.0937. The van der Waals surface area contributed by atoms with E-state index in [9.17, 15) is 9.90 Å². The van der Waals surface area contributed by atoms with E-state index in [0.717, 1.165) is 47.3 Å². The lowest BCUT2D eigenvalue weighted by Gasteiger charge is -2.42. The Morgan fingerprint density at radius 2 is 1.17 bits per heavy atom. The maximum atomic E-state index is 12.3. The van der Waals surface area contributed by atoms with Gasteiger partial charge in [0.25, 0.3) is 0 Å². The van der Waals surface area contributed by atoms with Crippen molar-refractivity contribution in [3.05, 3.63) is 137 Å². The zero-order chi connectivity index (χ0) is 32.8. The highest BCUT2D eigenvalue weighted by Gasteiger charge is 2.41. The van der Waals surface area contributed by atoms with Gasteiger partial charge in [-0.3, -0.25) is 0 Å². The molecule has 0 aromatic heterocycles. The lowest BCUT2D eigenvalue weighted by atomic mass is 9.84.